The molecule has 290 valence electrons. The molecule has 0 spiro atoms. The third-order valence-corrected chi connectivity index (χ3v) is 10.9. The van der Waals surface area contributed by atoms with E-state index in [1.165, 1.54) is 20.3 Å². The van der Waals surface area contributed by atoms with Gasteiger partial charge in [-0.2, -0.15) is 13.2 Å². The highest BCUT2D eigenvalue weighted by Gasteiger charge is 2.51. The summed E-state index contributed by atoms with van der Waals surface area (Å²) in [5, 5.41) is 0.774. The number of carbonyl (C=O) groups is 3. The van der Waals surface area contributed by atoms with Gasteiger partial charge in [-0.1, -0.05) is 24.4 Å². The highest BCUT2D eigenvalue weighted by molar-refractivity contribution is 6.31. The number of alkyl halides is 3. The molecule has 5 rings (SSSR count). The summed E-state index contributed by atoms with van der Waals surface area (Å²) in [6.07, 6.45) is -1.25. The topological polar surface area (TPSA) is 150 Å². The van der Waals surface area contributed by atoms with Crippen LogP contribution in [-0.2, 0) is 32.1 Å². The highest BCUT2D eigenvalue weighted by atomic mass is 35.5. The molecule has 3 aliphatic rings. The van der Waals surface area contributed by atoms with Gasteiger partial charge in [0, 0.05) is 55.3 Å². The number of nitrogens with zero attached hydrogens (tertiary/aromatic N) is 3. The minimum Gasteiger partial charge on any atom is -0.497 e. The maximum Gasteiger partial charge on any atom is 0.434 e. The maximum absolute atomic E-state index is 14.9. The van der Waals surface area contributed by atoms with Crippen LogP contribution in [0.15, 0.2) is 41.7 Å². The molecule has 2 heterocycles. The molecule has 2 fully saturated rings. The summed E-state index contributed by atoms with van der Waals surface area (Å²) in [4.78, 5) is 45.1. The summed E-state index contributed by atoms with van der Waals surface area (Å²) < 4.78 is 63.9. The summed E-state index contributed by atoms with van der Waals surface area (Å²) >= 11 is 6.70. The van der Waals surface area contributed by atoms with Crippen molar-refractivity contribution in [2.24, 2.45) is 22.9 Å². The lowest BCUT2D eigenvalue weighted by atomic mass is 9.66. The molecule has 0 aromatic heterocycles. The van der Waals surface area contributed by atoms with Crippen LogP contribution in [0.5, 0.6) is 17.2 Å². The first-order valence-corrected chi connectivity index (χ1v) is 17.9. The second kappa shape index (κ2) is 16.3. The first-order valence-electron chi connectivity index (χ1n) is 17.5. The molecular formula is C37H47ClF3N5O7. The lowest BCUT2D eigenvalue weighted by molar-refractivity contribution is -0.169. The van der Waals surface area contributed by atoms with Crippen LogP contribution in [0.1, 0.15) is 68.2 Å². The number of allylic oxidation sites excluding steroid dienone is 1. The monoisotopic (exact) mass is 765 g/mol. The molecule has 12 nitrogen and oxygen atoms in total. The second-order valence-electron chi connectivity index (χ2n) is 13.9. The zero-order chi connectivity index (χ0) is 38.7. The van der Waals surface area contributed by atoms with Gasteiger partial charge < -0.3 is 39.5 Å². The molecule has 1 aliphatic carbocycles. The number of fused-ring (bicyclic) bond motifs is 1. The molecule has 1 unspecified atom stereocenters. The van der Waals surface area contributed by atoms with Crippen LogP contribution in [0.3, 0.4) is 0 Å². The van der Waals surface area contributed by atoms with Crippen molar-refractivity contribution in [3.63, 3.8) is 0 Å². The molecule has 2 amide bonds. The number of hydrogen-bond acceptors (Lipinski definition) is 10. The Balaban J connectivity index is 1.47. The normalized spacial score (nSPS) is 22.2. The fourth-order valence-corrected chi connectivity index (χ4v) is 8.01. The summed E-state index contributed by atoms with van der Waals surface area (Å²) in [6.45, 7) is 1.81. The van der Waals surface area contributed by atoms with E-state index in [-0.39, 0.29) is 37.3 Å². The van der Waals surface area contributed by atoms with Crippen LogP contribution in [-0.4, -0.2) is 86.3 Å². The molecule has 1 saturated carbocycles. The van der Waals surface area contributed by atoms with Crippen molar-refractivity contribution in [2.75, 3.05) is 47.5 Å². The van der Waals surface area contributed by atoms with Crippen molar-refractivity contribution in [3.05, 3.63) is 63.4 Å². The van der Waals surface area contributed by atoms with Crippen molar-refractivity contribution < 1.29 is 46.5 Å². The van der Waals surface area contributed by atoms with Gasteiger partial charge in [-0.3, -0.25) is 14.4 Å². The van der Waals surface area contributed by atoms with E-state index < -0.39 is 47.5 Å². The van der Waals surface area contributed by atoms with Crippen LogP contribution >= 0.6 is 11.6 Å². The fourth-order valence-electron chi connectivity index (χ4n) is 7.75. The van der Waals surface area contributed by atoms with Gasteiger partial charge in [0.15, 0.2) is 5.70 Å². The van der Waals surface area contributed by atoms with E-state index in [1.807, 2.05) is 0 Å². The average Bonchev–Trinajstić information content (AvgIpc) is 3.52. The number of halogens is 4. The second-order valence-corrected chi connectivity index (χ2v) is 14.3. The highest BCUT2D eigenvalue weighted by Crippen LogP contribution is 2.47. The largest absolute Gasteiger partial charge is 0.497 e. The minimum atomic E-state index is -4.84. The first-order chi connectivity index (χ1) is 25.1. The van der Waals surface area contributed by atoms with Crippen molar-refractivity contribution >= 4 is 29.4 Å². The van der Waals surface area contributed by atoms with E-state index in [0.717, 1.165) is 13.5 Å². The number of hydrazine groups is 1. The minimum absolute atomic E-state index is 0.0773. The van der Waals surface area contributed by atoms with Gasteiger partial charge in [-0.25, -0.2) is 5.84 Å². The van der Waals surface area contributed by atoms with Crippen LogP contribution in [0.4, 0.5) is 13.2 Å². The van der Waals surface area contributed by atoms with E-state index in [2.05, 4.69) is 0 Å². The van der Waals surface area contributed by atoms with Crippen LogP contribution in [0, 0.1) is 11.3 Å². The Bertz CT molecular complexity index is 1740. The molecule has 4 N–H and O–H groups in total. The van der Waals surface area contributed by atoms with E-state index in [9.17, 15) is 27.6 Å². The van der Waals surface area contributed by atoms with Gasteiger partial charge >= 0.3 is 12.1 Å². The van der Waals surface area contributed by atoms with Crippen LogP contribution < -0.4 is 25.8 Å². The third kappa shape index (κ3) is 8.40. The maximum atomic E-state index is 14.9. The molecule has 0 bridgehead atoms. The average molecular weight is 766 g/mol. The fraction of sp³-hybridized carbons (Fsp3) is 0.541. The first kappa shape index (κ1) is 39.8. The van der Waals surface area contributed by atoms with Gasteiger partial charge in [0.05, 0.1) is 37.3 Å². The SMILES string of the molecule is COc1ccc(COC(=O)[C@@]2(C)CCCC[C@H]2C(=O)N2CCc3c(Cl)ccc(OC/C(N)=C(/N(C)N)C(F)(F)F)c3C2CN2CCCC2=O)c(OC)c1. The summed E-state index contributed by atoms with van der Waals surface area (Å²) in [5.41, 5.74) is 4.56. The standard InChI is InChI=1S/C37H47ClF3N5O7/c1-36(35(49)53-20-22-10-11-23(50-3)18-30(22)51-4)15-6-5-8-25(36)34(48)46-17-14-24-26(38)12-13-29(32(24)28(46)19-45-16-7-9-31(45)47)52-21-27(42)33(44(2)43)37(39,40)41/h10-13,18,25,28H,5-9,14-17,19-21,42-43H2,1-4H3/b33-27-/t25-,28?,36-/m0/s1. The molecule has 53 heavy (non-hydrogen) atoms. The Hall–Kier alpha value is -4.37. The molecule has 1 saturated heterocycles. The lowest BCUT2D eigenvalue weighted by Gasteiger charge is -2.45. The number of carbonyl (C=O) groups excluding carboxylic acids is 3. The Morgan fingerprint density at radius 2 is 1.81 bits per heavy atom. The Morgan fingerprint density at radius 1 is 1.06 bits per heavy atom. The van der Waals surface area contributed by atoms with Gasteiger partial charge in [0.25, 0.3) is 0 Å². The quantitative estimate of drug-likeness (QED) is 0.167. The molecule has 2 aromatic carbocycles. The third-order valence-electron chi connectivity index (χ3n) is 10.6. The van der Waals surface area contributed by atoms with E-state index >= 15 is 0 Å². The predicted molar refractivity (Wildman–Crippen MR) is 190 cm³/mol. The summed E-state index contributed by atoms with van der Waals surface area (Å²) in [7, 11) is 4.07. The number of nitrogens with two attached hydrogens (primary N) is 2. The van der Waals surface area contributed by atoms with Crippen LogP contribution in [0.2, 0.25) is 5.02 Å². The van der Waals surface area contributed by atoms with E-state index in [1.54, 1.807) is 41.0 Å². The predicted octanol–water partition coefficient (Wildman–Crippen LogP) is 5.26. The summed E-state index contributed by atoms with van der Waals surface area (Å²) in [5.74, 6) is 5.06. The Morgan fingerprint density at radius 3 is 2.45 bits per heavy atom. The number of benzene rings is 2. The smallest absolute Gasteiger partial charge is 0.434 e. The summed E-state index contributed by atoms with van der Waals surface area (Å²) in [6, 6.07) is 7.50. The molecule has 2 aliphatic heterocycles. The van der Waals surface area contributed by atoms with Gasteiger partial charge in [-0.15, -0.1) is 0 Å². The zero-order valence-electron chi connectivity index (χ0n) is 30.4. The Kier molecular flexibility index (Phi) is 12.3. The van der Waals surface area contributed by atoms with Crippen molar-refractivity contribution in [3.8, 4) is 17.2 Å². The van der Waals surface area contributed by atoms with Gasteiger partial charge in [0.2, 0.25) is 11.8 Å². The number of likely N-dealkylation sites (tertiary alicyclic amines) is 1. The molecule has 3 atom stereocenters. The number of methoxy groups -OCH3 is 2. The van der Waals surface area contributed by atoms with Crippen molar-refractivity contribution in [1.82, 2.24) is 14.8 Å². The molecule has 2 aromatic rings. The Labute approximate surface area is 312 Å². The van der Waals surface area contributed by atoms with E-state index in [4.69, 9.17) is 42.1 Å². The molecule has 16 heteroatoms. The molecule has 0 radical (unpaired) electrons. The van der Waals surface area contributed by atoms with E-state index in [0.29, 0.717) is 83.3 Å². The van der Waals surface area contributed by atoms with Crippen LogP contribution in [0.25, 0.3) is 0 Å². The van der Waals surface area contributed by atoms with Gasteiger partial charge in [-0.05, 0) is 62.4 Å². The number of amides is 2. The number of hydrogen-bond donors (Lipinski definition) is 2. The van der Waals surface area contributed by atoms with Crippen molar-refractivity contribution in [1.29, 1.82) is 0 Å². The number of ether oxygens (including phenoxy) is 4. The number of esters is 1. The van der Waals surface area contributed by atoms with Gasteiger partial charge in [0.1, 0.15) is 30.5 Å². The lowest BCUT2D eigenvalue weighted by Crippen LogP contribution is -2.53. The van der Waals surface area contributed by atoms with Crippen molar-refractivity contribution in [2.45, 2.75) is 70.7 Å². The number of rotatable bonds is 12. The zero-order valence-corrected chi connectivity index (χ0v) is 31.1. The molecular weight excluding hydrogens is 719 g/mol.